The Balaban J connectivity index is 2.96. The minimum atomic E-state index is -0.505. The van der Waals surface area contributed by atoms with Crippen LogP contribution in [0.2, 0.25) is 0 Å². The van der Waals surface area contributed by atoms with Gasteiger partial charge in [0.05, 0.1) is 5.69 Å². The predicted octanol–water partition coefficient (Wildman–Crippen LogP) is 0.348. The number of rotatable bonds is 0. The number of pyridine rings is 1. The molecule has 14 heavy (non-hydrogen) atoms. The first-order chi connectivity index (χ1) is 6.58. The number of aryl methyl sites for hydroxylation is 1. The van der Waals surface area contributed by atoms with Crippen LogP contribution in [0.1, 0.15) is 5.69 Å². The molecule has 0 aliphatic rings. The summed E-state index contributed by atoms with van der Waals surface area (Å²) in [6.45, 7) is 1.48. The molecule has 0 atom stereocenters. The van der Waals surface area contributed by atoms with Crippen molar-refractivity contribution in [3.63, 3.8) is 0 Å². The first-order valence-corrected chi connectivity index (χ1v) is 3.90. The van der Waals surface area contributed by atoms with E-state index in [1.54, 1.807) is 0 Å². The van der Waals surface area contributed by atoms with E-state index in [0.717, 1.165) is 6.07 Å². The first kappa shape index (κ1) is 8.61. The summed E-state index contributed by atoms with van der Waals surface area (Å²) < 4.78 is 13.1. The fourth-order valence-electron chi connectivity index (χ4n) is 1.16. The van der Waals surface area contributed by atoms with Gasteiger partial charge in [-0.15, -0.1) is 0 Å². The van der Waals surface area contributed by atoms with E-state index in [9.17, 15) is 9.18 Å². The van der Waals surface area contributed by atoms with E-state index in [2.05, 4.69) is 15.0 Å². The number of nitrogens with zero attached hydrogens (tertiary/aromatic N) is 2. The Bertz CT molecular complexity index is 563. The number of H-pyrrole nitrogens is 1. The molecule has 5 nitrogen and oxygen atoms in total. The molecule has 0 aromatic carbocycles. The molecular weight excluding hydrogens is 187 g/mol. The molecule has 2 heterocycles. The molecule has 0 aliphatic heterocycles. The number of hydrogen-bond donors (Lipinski definition) is 2. The number of nitrogen functional groups attached to an aromatic ring is 1. The molecule has 3 N–H and O–H groups in total. The van der Waals surface area contributed by atoms with Crippen LogP contribution in [-0.4, -0.2) is 15.0 Å². The Morgan fingerprint density at radius 2 is 2.21 bits per heavy atom. The highest BCUT2D eigenvalue weighted by molar-refractivity contribution is 5.74. The molecule has 0 bridgehead atoms. The first-order valence-electron chi connectivity index (χ1n) is 3.90. The monoisotopic (exact) mass is 194 g/mol. The van der Waals surface area contributed by atoms with Crippen molar-refractivity contribution < 1.29 is 4.39 Å². The van der Waals surface area contributed by atoms with Gasteiger partial charge in [0, 0.05) is 6.07 Å². The lowest BCUT2D eigenvalue weighted by Crippen LogP contribution is -2.13. The summed E-state index contributed by atoms with van der Waals surface area (Å²) in [6.07, 6.45) is 0. The maximum Gasteiger partial charge on any atom is 0.278 e. The summed E-state index contributed by atoms with van der Waals surface area (Å²) in [5.74, 6) is -0.553. The average molecular weight is 194 g/mol. The standard InChI is InChI=1S/C8H7FN4O/c1-3-4(9)2-5-6(11-3)7(14)13-8(10)12-5/h2H,1H3,(H3,10,12,13,14). The molecule has 0 fully saturated rings. The normalized spacial score (nSPS) is 10.7. The lowest BCUT2D eigenvalue weighted by molar-refractivity contribution is 0.612. The van der Waals surface area contributed by atoms with Crippen LogP contribution in [0, 0.1) is 12.7 Å². The van der Waals surface area contributed by atoms with Gasteiger partial charge in [-0.3, -0.25) is 9.78 Å². The molecule has 0 aliphatic carbocycles. The quantitative estimate of drug-likeness (QED) is 0.633. The van der Waals surface area contributed by atoms with Crippen LogP contribution in [0.3, 0.4) is 0 Å². The number of halogens is 1. The van der Waals surface area contributed by atoms with Crippen LogP contribution in [0.4, 0.5) is 10.3 Å². The highest BCUT2D eigenvalue weighted by Gasteiger charge is 2.07. The molecule has 0 radical (unpaired) electrons. The molecule has 0 unspecified atom stereocenters. The largest absolute Gasteiger partial charge is 0.369 e. The van der Waals surface area contributed by atoms with Gasteiger partial charge in [-0.2, -0.15) is 0 Å². The van der Waals surface area contributed by atoms with Gasteiger partial charge in [-0.1, -0.05) is 0 Å². The number of nitrogens with two attached hydrogens (primary N) is 1. The molecule has 2 aromatic heterocycles. The van der Waals surface area contributed by atoms with Crippen molar-refractivity contribution in [1.29, 1.82) is 0 Å². The maximum atomic E-state index is 13.1. The third-order valence-corrected chi connectivity index (χ3v) is 1.83. The van der Waals surface area contributed by atoms with Crippen molar-refractivity contribution >= 4 is 17.0 Å². The van der Waals surface area contributed by atoms with E-state index in [4.69, 9.17) is 5.73 Å². The van der Waals surface area contributed by atoms with Crippen molar-refractivity contribution in [2.75, 3.05) is 5.73 Å². The van der Waals surface area contributed by atoms with Crippen LogP contribution in [0.25, 0.3) is 11.0 Å². The topological polar surface area (TPSA) is 84.7 Å². The SMILES string of the molecule is Cc1nc2c(=O)[nH]c(N)nc2cc1F. The second-order valence-corrected chi connectivity index (χ2v) is 2.87. The van der Waals surface area contributed by atoms with E-state index in [-0.39, 0.29) is 22.7 Å². The van der Waals surface area contributed by atoms with Crippen LogP contribution < -0.4 is 11.3 Å². The summed E-state index contributed by atoms with van der Waals surface area (Å²) >= 11 is 0. The van der Waals surface area contributed by atoms with Crippen LogP contribution in [-0.2, 0) is 0 Å². The fourth-order valence-corrected chi connectivity index (χ4v) is 1.16. The van der Waals surface area contributed by atoms with Gasteiger partial charge in [-0.05, 0) is 6.92 Å². The van der Waals surface area contributed by atoms with Gasteiger partial charge >= 0.3 is 0 Å². The molecule has 2 rings (SSSR count). The number of hydrogen-bond acceptors (Lipinski definition) is 4. The van der Waals surface area contributed by atoms with Gasteiger partial charge in [0.25, 0.3) is 5.56 Å². The number of nitrogens with one attached hydrogen (secondary N) is 1. The lowest BCUT2D eigenvalue weighted by Gasteiger charge is -1.99. The van der Waals surface area contributed by atoms with Gasteiger partial charge in [-0.25, -0.2) is 14.4 Å². The predicted molar refractivity (Wildman–Crippen MR) is 49.3 cm³/mol. The smallest absolute Gasteiger partial charge is 0.278 e. The fraction of sp³-hybridized carbons (Fsp3) is 0.125. The number of anilines is 1. The van der Waals surface area contributed by atoms with Gasteiger partial charge in [0.1, 0.15) is 11.3 Å². The number of fused-ring (bicyclic) bond motifs is 1. The van der Waals surface area contributed by atoms with E-state index in [1.807, 2.05) is 0 Å². The van der Waals surface area contributed by atoms with E-state index in [1.165, 1.54) is 6.92 Å². The number of aromatic nitrogens is 3. The molecule has 6 heteroatoms. The van der Waals surface area contributed by atoms with E-state index in [0.29, 0.717) is 0 Å². The zero-order valence-electron chi connectivity index (χ0n) is 7.34. The van der Waals surface area contributed by atoms with Crippen LogP contribution in [0.15, 0.2) is 10.9 Å². The van der Waals surface area contributed by atoms with E-state index >= 15 is 0 Å². The Kier molecular flexibility index (Phi) is 1.70. The summed E-state index contributed by atoms with van der Waals surface area (Å²) in [5, 5.41) is 0. The second-order valence-electron chi connectivity index (χ2n) is 2.87. The molecule has 0 saturated heterocycles. The maximum absolute atomic E-state index is 13.1. The van der Waals surface area contributed by atoms with Crippen LogP contribution >= 0.6 is 0 Å². The summed E-state index contributed by atoms with van der Waals surface area (Å²) in [7, 11) is 0. The van der Waals surface area contributed by atoms with Crippen molar-refractivity contribution in [2.24, 2.45) is 0 Å². The molecular formula is C8H7FN4O. The van der Waals surface area contributed by atoms with Crippen molar-refractivity contribution in [2.45, 2.75) is 6.92 Å². The van der Waals surface area contributed by atoms with Crippen molar-refractivity contribution in [1.82, 2.24) is 15.0 Å². The zero-order valence-corrected chi connectivity index (χ0v) is 7.34. The lowest BCUT2D eigenvalue weighted by atomic mass is 10.3. The summed E-state index contributed by atoms with van der Waals surface area (Å²) in [5.41, 5.74) is 5.25. The highest BCUT2D eigenvalue weighted by atomic mass is 19.1. The molecule has 72 valence electrons. The molecule has 2 aromatic rings. The Morgan fingerprint density at radius 3 is 2.93 bits per heavy atom. The molecule has 0 amide bonds. The Morgan fingerprint density at radius 1 is 1.50 bits per heavy atom. The minimum Gasteiger partial charge on any atom is -0.369 e. The molecule has 0 spiro atoms. The molecule has 0 saturated carbocycles. The van der Waals surface area contributed by atoms with Crippen LogP contribution in [0.5, 0.6) is 0 Å². The van der Waals surface area contributed by atoms with Crippen molar-refractivity contribution in [3.05, 3.63) is 27.9 Å². The van der Waals surface area contributed by atoms with Crippen molar-refractivity contribution in [3.8, 4) is 0 Å². The van der Waals surface area contributed by atoms with Gasteiger partial charge in [0.15, 0.2) is 5.52 Å². The summed E-state index contributed by atoms with van der Waals surface area (Å²) in [4.78, 5) is 21.1. The third kappa shape index (κ3) is 1.20. The number of aromatic amines is 1. The zero-order chi connectivity index (χ0) is 10.3. The second kappa shape index (κ2) is 2.76. The summed E-state index contributed by atoms with van der Waals surface area (Å²) in [6, 6.07) is 1.14. The van der Waals surface area contributed by atoms with E-state index < -0.39 is 11.4 Å². The third-order valence-electron chi connectivity index (χ3n) is 1.83. The van der Waals surface area contributed by atoms with Gasteiger partial charge < -0.3 is 5.73 Å². The minimum absolute atomic E-state index is 0.0486. The highest BCUT2D eigenvalue weighted by Crippen LogP contribution is 2.10. The Hall–Kier alpha value is -1.98. The average Bonchev–Trinajstić information content (AvgIpc) is 2.08. The Labute approximate surface area is 77.8 Å². The van der Waals surface area contributed by atoms with Gasteiger partial charge in [0.2, 0.25) is 5.95 Å².